The Balaban J connectivity index is -0.0000000360. The van der Waals surface area contributed by atoms with Gasteiger partial charge in [-0.3, -0.25) is 14.4 Å². The molecule has 0 fully saturated rings. The van der Waals surface area contributed by atoms with Crippen molar-refractivity contribution in [3.63, 3.8) is 0 Å². The summed E-state index contributed by atoms with van der Waals surface area (Å²) in [6.45, 7) is 8.09. The van der Waals surface area contributed by atoms with Crippen LogP contribution in [0.5, 0.6) is 0 Å². The maximum atomic E-state index is 9.98. The van der Waals surface area contributed by atoms with Crippen LogP contribution in [0.1, 0.15) is 41.5 Å². The summed E-state index contributed by atoms with van der Waals surface area (Å²) in [5.74, 6) is -1.12. The molecule has 0 heterocycles. The Morgan fingerprint density at radius 1 is 0.560 bits per heavy atom. The van der Waals surface area contributed by atoms with Gasteiger partial charge in [-0.1, -0.05) is 20.8 Å². The third-order valence-electron chi connectivity index (χ3n) is 1.22. The van der Waals surface area contributed by atoms with E-state index in [-0.39, 0.29) is 88.8 Å². The van der Waals surface area contributed by atoms with Crippen LogP contribution >= 0.6 is 0 Å². The summed E-state index contributed by atoms with van der Waals surface area (Å²) in [6, 6.07) is 0. The van der Waals surface area contributed by atoms with E-state index in [0.717, 1.165) is 18.2 Å². The van der Waals surface area contributed by atoms with E-state index >= 15 is 0 Å². The van der Waals surface area contributed by atoms with Gasteiger partial charge < -0.3 is 31.7 Å². The third-order valence-corrected chi connectivity index (χ3v) is 1.22. The van der Waals surface area contributed by atoms with Gasteiger partial charge in [0, 0.05) is 37.7 Å². The zero-order chi connectivity index (χ0) is 17.6. The van der Waals surface area contributed by atoms with Gasteiger partial charge in [0.15, 0.2) is 17.3 Å². The first-order valence-electron chi connectivity index (χ1n) is 5.96. The second kappa shape index (κ2) is 27.6. The molecule has 0 aliphatic carbocycles. The van der Waals surface area contributed by atoms with Crippen molar-refractivity contribution in [1.29, 1.82) is 0 Å². The SMILES string of the molecule is CC(=O)/C=C(/C)[O-].CC(=O)/C=C(/C)[O-].CC(=O)/C=C(/C)[O-].O.O.[Ho].[OH3+]. The monoisotopic (exact) mass is 517 g/mol. The van der Waals surface area contributed by atoms with Crippen LogP contribution in [0, 0.1) is 37.7 Å². The van der Waals surface area contributed by atoms with Crippen molar-refractivity contribution in [3.05, 3.63) is 35.5 Å². The number of hydrogen-bond donors (Lipinski definition) is 0. The zero-order valence-electron chi connectivity index (χ0n) is 15.1. The molecule has 0 aliphatic rings. The predicted octanol–water partition coefficient (Wildman–Crippen LogP) is -3.05. The van der Waals surface area contributed by atoms with Gasteiger partial charge in [0.2, 0.25) is 0 Å². The molecule has 0 saturated carbocycles. The van der Waals surface area contributed by atoms with Crippen molar-refractivity contribution < 1.29 is 83.9 Å². The van der Waals surface area contributed by atoms with Gasteiger partial charge in [0.05, 0.1) is 0 Å². The largest absolute Gasteiger partial charge is 0.876 e. The topological polar surface area (TPSA) is 216 Å². The molecule has 0 saturated heterocycles. The van der Waals surface area contributed by atoms with E-state index in [2.05, 4.69) is 0 Å². The second-order valence-electron chi connectivity index (χ2n) is 4.10. The molecule has 0 aliphatic heterocycles. The van der Waals surface area contributed by atoms with Gasteiger partial charge in [-0.15, -0.1) is 17.3 Å². The minimum atomic E-state index is -0.187. The van der Waals surface area contributed by atoms with Crippen molar-refractivity contribution in [3.8, 4) is 0 Å². The minimum absolute atomic E-state index is 0. The molecule has 155 valence electrons. The third kappa shape index (κ3) is 84.7. The van der Waals surface area contributed by atoms with Crippen LogP contribution in [0.15, 0.2) is 35.5 Å². The van der Waals surface area contributed by atoms with Crippen LogP contribution in [-0.2, 0) is 19.9 Å². The summed E-state index contributed by atoms with van der Waals surface area (Å²) >= 11 is 0. The van der Waals surface area contributed by atoms with Crippen molar-refractivity contribution in [1.82, 2.24) is 0 Å². The van der Waals surface area contributed by atoms with Crippen LogP contribution in [0.2, 0.25) is 0 Å². The zero-order valence-corrected chi connectivity index (χ0v) is 17.0. The van der Waals surface area contributed by atoms with E-state index in [1.807, 2.05) is 0 Å². The maximum Gasteiger partial charge on any atom is 0.151 e. The average molecular weight is 517 g/mol. The smallest absolute Gasteiger partial charge is 0.151 e. The Bertz CT molecular complexity index is 373. The van der Waals surface area contributed by atoms with E-state index < -0.39 is 0 Å². The molecule has 0 amide bonds. The number of allylic oxidation sites excluding steroid dienone is 6. The summed E-state index contributed by atoms with van der Waals surface area (Å²) < 4.78 is 0. The molecule has 0 bridgehead atoms. The van der Waals surface area contributed by atoms with Crippen molar-refractivity contribution in [2.24, 2.45) is 0 Å². The summed E-state index contributed by atoms with van der Waals surface area (Å²) in [5, 5.41) is 29.9. The first-order valence-corrected chi connectivity index (χ1v) is 5.96. The fourth-order valence-corrected chi connectivity index (χ4v) is 0.859. The Morgan fingerprint density at radius 3 is 0.680 bits per heavy atom. The van der Waals surface area contributed by atoms with Crippen molar-refractivity contribution >= 4 is 17.3 Å². The summed E-state index contributed by atoms with van der Waals surface area (Å²) in [6.07, 6.45) is 3.17. The standard InChI is InChI=1S/3C5H8O2.Ho.3H2O/c3*1-4(6)3-5(2)7;;;;/h3*3,6H,1-2H3;;3*1H2/p-2/b3*4-3-;;;;. The number of ketones is 3. The van der Waals surface area contributed by atoms with E-state index in [4.69, 9.17) is 0 Å². The summed E-state index contributed by atoms with van der Waals surface area (Å²) in [7, 11) is 0. The van der Waals surface area contributed by atoms with Crippen molar-refractivity contribution in [2.45, 2.75) is 41.5 Å². The molecular weight excluding hydrogens is 489 g/mol. The quantitative estimate of drug-likeness (QED) is 0.164. The average Bonchev–Trinajstić information content (AvgIpc) is 2.10. The molecule has 9 nitrogen and oxygen atoms in total. The van der Waals surface area contributed by atoms with E-state index in [1.165, 1.54) is 41.5 Å². The Kier molecular flexibility index (Phi) is 48.4. The van der Waals surface area contributed by atoms with Crippen LogP contribution in [0.4, 0.5) is 0 Å². The van der Waals surface area contributed by atoms with Crippen molar-refractivity contribution in [2.75, 3.05) is 0 Å². The number of carbonyl (C=O) groups is 3. The van der Waals surface area contributed by atoms with Crippen LogP contribution in [-0.4, -0.2) is 28.3 Å². The Labute approximate surface area is 177 Å². The molecule has 25 heavy (non-hydrogen) atoms. The van der Waals surface area contributed by atoms with Gasteiger partial charge in [-0.2, -0.15) is 0 Å². The maximum absolute atomic E-state index is 9.98. The molecule has 0 spiro atoms. The number of carbonyl (C=O) groups excluding carboxylic acids is 3. The van der Waals surface area contributed by atoms with E-state index in [9.17, 15) is 29.7 Å². The Hall–Kier alpha value is -1.23. The first-order chi connectivity index (χ1) is 9.38. The van der Waals surface area contributed by atoms with Gasteiger partial charge in [-0.05, 0) is 39.0 Å². The molecular formula is C15H28HoO9-2. The molecule has 1 radical (unpaired) electrons. The second-order valence-corrected chi connectivity index (χ2v) is 4.10. The predicted molar refractivity (Wildman–Crippen MR) is 85.4 cm³/mol. The normalized spacial score (nSPS) is 9.60. The first kappa shape index (κ1) is 43.8. The minimum Gasteiger partial charge on any atom is -0.876 e. The number of rotatable bonds is 3. The van der Waals surface area contributed by atoms with Gasteiger partial charge in [-0.25, -0.2) is 0 Å². The molecule has 0 unspecified atom stereocenters. The fourth-order valence-electron chi connectivity index (χ4n) is 0.859. The molecule has 0 rings (SSSR count). The molecule has 10 heteroatoms. The van der Waals surface area contributed by atoms with Gasteiger partial charge in [0.25, 0.3) is 0 Å². The van der Waals surface area contributed by atoms with Gasteiger partial charge >= 0.3 is 0 Å². The summed E-state index contributed by atoms with van der Waals surface area (Å²) in [4.78, 5) is 29.9. The fraction of sp³-hybridized carbons (Fsp3) is 0.400. The Morgan fingerprint density at radius 2 is 0.680 bits per heavy atom. The molecule has 7 N–H and O–H groups in total. The van der Waals surface area contributed by atoms with Crippen LogP contribution in [0.25, 0.3) is 0 Å². The van der Waals surface area contributed by atoms with E-state index in [0.29, 0.717) is 0 Å². The molecule has 0 aromatic heterocycles. The van der Waals surface area contributed by atoms with Crippen LogP contribution in [0.3, 0.4) is 0 Å². The molecule has 0 atom stereocenters. The van der Waals surface area contributed by atoms with E-state index in [1.54, 1.807) is 0 Å². The van der Waals surface area contributed by atoms with Crippen LogP contribution < -0.4 is 15.3 Å². The summed E-state index contributed by atoms with van der Waals surface area (Å²) in [5.41, 5.74) is 0. The molecule has 0 aromatic carbocycles. The number of hydrogen-bond acceptors (Lipinski definition) is 6. The van der Waals surface area contributed by atoms with Gasteiger partial charge in [0.1, 0.15) is 0 Å². The molecule has 0 aromatic rings.